The molecule has 0 bridgehead atoms. The number of aliphatic carboxylic acids is 1. The van der Waals surface area contributed by atoms with E-state index in [0.29, 0.717) is 0 Å². The molecule has 4 heteroatoms. The van der Waals surface area contributed by atoms with Gasteiger partial charge in [-0.2, -0.15) is 0 Å². The molecule has 1 N–H and O–H groups in total. The van der Waals surface area contributed by atoms with Gasteiger partial charge in [0.25, 0.3) is 0 Å². The maximum Gasteiger partial charge on any atom is 0.303 e. The fourth-order valence-corrected chi connectivity index (χ4v) is 2.52. The third-order valence-corrected chi connectivity index (χ3v) is 3.57. The smallest absolute Gasteiger partial charge is 0.303 e. The van der Waals surface area contributed by atoms with Crippen molar-refractivity contribution in [3.63, 3.8) is 0 Å². The van der Waals surface area contributed by atoms with Crippen LogP contribution in [0.5, 0.6) is 0 Å². The Bertz CT molecular complexity index is 233. The van der Waals surface area contributed by atoms with Gasteiger partial charge in [-0.3, -0.25) is 4.79 Å². The minimum Gasteiger partial charge on any atom is -0.481 e. The van der Waals surface area contributed by atoms with Crippen molar-refractivity contribution in [2.45, 2.75) is 32.1 Å². The first kappa shape index (κ1) is 14.5. The van der Waals surface area contributed by atoms with Crippen LogP contribution in [-0.2, 0) is 4.79 Å². The standard InChI is InChI=1S/C13H26N2O2/c1-14(8-4-6-13(16)17)10-7-12-5-3-9-15(2)11-12/h12H,3-11H2,1-2H3,(H,16,17). The number of carboxylic acids is 1. The third kappa shape index (κ3) is 6.64. The van der Waals surface area contributed by atoms with Crippen molar-refractivity contribution in [2.75, 3.05) is 40.3 Å². The molecule has 1 rings (SSSR count). The average Bonchev–Trinajstić information content (AvgIpc) is 2.26. The number of carbonyl (C=O) groups is 1. The predicted molar refractivity (Wildman–Crippen MR) is 69.2 cm³/mol. The van der Waals surface area contributed by atoms with Gasteiger partial charge in [0.2, 0.25) is 0 Å². The molecule has 1 saturated heterocycles. The van der Waals surface area contributed by atoms with Gasteiger partial charge in [0.15, 0.2) is 0 Å². The van der Waals surface area contributed by atoms with Gasteiger partial charge in [-0.25, -0.2) is 0 Å². The van der Waals surface area contributed by atoms with E-state index in [0.717, 1.165) is 25.4 Å². The first-order chi connectivity index (χ1) is 8.08. The third-order valence-electron chi connectivity index (χ3n) is 3.57. The van der Waals surface area contributed by atoms with E-state index in [1.807, 2.05) is 0 Å². The average molecular weight is 242 g/mol. The van der Waals surface area contributed by atoms with Crippen molar-refractivity contribution in [3.05, 3.63) is 0 Å². The first-order valence-corrected chi connectivity index (χ1v) is 6.67. The molecular formula is C13H26N2O2. The van der Waals surface area contributed by atoms with Crippen LogP contribution in [0.2, 0.25) is 0 Å². The Hall–Kier alpha value is -0.610. The van der Waals surface area contributed by atoms with Crippen LogP contribution in [0, 0.1) is 5.92 Å². The summed E-state index contributed by atoms with van der Waals surface area (Å²) in [7, 11) is 4.29. The number of carboxylic acid groups (broad SMARTS) is 1. The molecule has 100 valence electrons. The zero-order valence-corrected chi connectivity index (χ0v) is 11.2. The number of likely N-dealkylation sites (tertiary alicyclic amines) is 1. The van der Waals surface area contributed by atoms with Crippen LogP contribution < -0.4 is 0 Å². The highest BCUT2D eigenvalue weighted by molar-refractivity contribution is 5.66. The van der Waals surface area contributed by atoms with Gasteiger partial charge in [0, 0.05) is 13.0 Å². The Morgan fingerprint density at radius 3 is 2.88 bits per heavy atom. The number of hydrogen-bond acceptors (Lipinski definition) is 3. The van der Waals surface area contributed by atoms with Crippen LogP contribution in [-0.4, -0.2) is 61.2 Å². The maximum atomic E-state index is 10.4. The summed E-state index contributed by atoms with van der Waals surface area (Å²) in [6.07, 6.45) is 4.97. The summed E-state index contributed by atoms with van der Waals surface area (Å²) in [6.45, 7) is 4.46. The van der Waals surface area contributed by atoms with Crippen LogP contribution in [0.25, 0.3) is 0 Å². The van der Waals surface area contributed by atoms with E-state index in [9.17, 15) is 4.79 Å². The first-order valence-electron chi connectivity index (χ1n) is 6.67. The van der Waals surface area contributed by atoms with Crippen LogP contribution in [0.15, 0.2) is 0 Å². The molecule has 1 heterocycles. The van der Waals surface area contributed by atoms with Gasteiger partial charge in [0.05, 0.1) is 0 Å². The lowest BCUT2D eigenvalue weighted by atomic mass is 9.95. The summed E-state index contributed by atoms with van der Waals surface area (Å²) in [6, 6.07) is 0. The second kappa shape index (κ2) is 7.67. The molecule has 0 spiro atoms. The molecule has 1 aliphatic heterocycles. The van der Waals surface area contributed by atoms with Gasteiger partial charge >= 0.3 is 5.97 Å². The van der Waals surface area contributed by atoms with Crippen molar-refractivity contribution in [2.24, 2.45) is 5.92 Å². The molecule has 0 amide bonds. The second-order valence-electron chi connectivity index (χ2n) is 5.36. The zero-order chi connectivity index (χ0) is 12.7. The topological polar surface area (TPSA) is 43.8 Å². The van der Waals surface area contributed by atoms with E-state index in [1.54, 1.807) is 0 Å². The number of hydrogen-bond donors (Lipinski definition) is 1. The summed E-state index contributed by atoms with van der Waals surface area (Å²) >= 11 is 0. The van der Waals surface area contributed by atoms with E-state index in [1.165, 1.54) is 32.4 Å². The van der Waals surface area contributed by atoms with Crippen LogP contribution in [0.3, 0.4) is 0 Å². The summed E-state index contributed by atoms with van der Waals surface area (Å²) in [5.74, 6) is 0.142. The number of rotatable bonds is 7. The normalized spacial score (nSPS) is 21.9. The highest BCUT2D eigenvalue weighted by Crippen LogP contribution is 2.18. The quantitative estimate of drug-likeness (QED) is 0.735. The molecule has 0 aromatic rings. The lowest BCUT2D eigenvalue weighted by molar-refractivity contribution is -0.137. The van der Waals surface area contributed by atoms with E-state index in [-0.39, 0.29) is 6.42 Å². The van der Waals surface area contributed by atoms with Gasteiger partial charge in [-0.1, -0.05) is 0 Å². The van der Waals surface area contributed by atoms with Gasteiger partial charge in [-0.05, 0) is 65.3 Å². The molecule has 17 heavy (non-hydrogen) atoms. The SMILES string of the molecule is CN(CCCC(=O)O)CCC1CCCN(C)C1. The molecule has 0 saturated carbocycles. The van der Waals surface area contributed by atoms with Crippen LogP contribution in [0.1, 0.15) is 32.1 Å². The van der Waals surface area contributed by atoms with E-state index < -0.39 is 5.97 Å². The zero-order valence-electron chi connectivity index (χ0n) is 11.2. The van der Waals surface area contributed by atoms with Crippen molar-refractivity contribution in [3.8, 4) is 0 Å². The lowest BCUT2D eigenvalue weighted by Crippen LogP contribution is -2.34. The summed E-state index contributed by atoms with van der Waals surface area (Å²) in [4.78, 5) is 15.1. The molecule has 4 nitrogen and oxygen atoms in total. The van der Waals surface area contributed by atoms with Crippen molar-refractivity contribution < 1.29 is 9.90 Å². The molecular weight excluding hydrogens is 216 g/mol. The minimum absolute atomic E-state index is 0.288. The van der Waals surface area contributed by atoms with E-state index in [4.69, 9.17) is 5.11 Å². The monoisotopic (exact) mass is 242 g/mol. The number of piperidine rings is 1. The molecule has 1 aliphatic rings. The fraction of sp³-hybridized carbons (Fsp3) is 0.923. The Balaban J connectivity index is 2.06. The molecule has 0 aromatic heterocycles. The number of nitrogens with zero attached hydrogens (tertiary/aromatic N) is 2. The summed E-state index contributed by atoms with van der Waals surface area (Å²) < 4.78 is 0. The fourth-order valence-electron chi connectivity index (χ4n) is 2.52. The lowest BCUT2D eigenvalue weighted by Gasteiger charge is -2.30. The van der Waals surface area contributed by atoms with Crippen molar-refractivity contribution in [1.29, 1.82) is 0 Å². The highest BCUT2D eigenvalue weighted by atomic mass is 16.4. The van der Waals surface area contributed by atoms with Crippen molar-refractivity contribution in [1.82, 2.24) is 9.80 Å². The predicted octanol–water partition coefficient (Wildman–Crippen LogP) is 1.51. The van der Waals surface area contributed by atoms with E-state index >= 15 is 0 Å². The Kier molecular flexibility index (Phi) is 6.52. The van der Waals surface area contributed by atoms with Crippen LogP contribution in [0.4, 0.5) is 0 Å². The molecule has 0 aliphatic carbocycles. The van der Waals surface area contributed by atoms with Crippen molar-refractivity contribution >= 4 is 5.97 Å². The van der Waals surface area contributed by atoms with E-state index in [2.05, 4.69) is 23.9 Å². The Labute approximate surface area is 105 Å². The van der Waals surface area contributed by atoms with Crippen LogP contribution >= 0.6 is 0 Å². The van der Waals surface area contributed by atoms with Gasteiger partial charge < -0.3 is 14.9 Å². The molecule has 1 atom stereocenters. The molecule has 1 fully saturated rings. The maximum absolute atomic E-state index is 10.4. The molecule has 0 aromatic carbocycles. The molecule has 1 unspecified atom stereocenters. The Morgan fingerprint density at radius 2 is 2.24 bits per heavy atom. The summed E-state index contributed by atoms with van der Waals surface area (Å²) in [5, 5.41) is 8.57. The Morgan fingerprint density at radius 1 is 1.47 bits per heavy atom. The minimum atomic E-state index is -0.688. The highest BCUT2D eigenvalue weighted by Gasteiger charge is 2.17. The summed E-state index contributed by atoms with van der Waals surface area (Å²) in [5.41, 5.74) is 0. The molecule has 0 radical (unpaired) electrons. The largest absolute Gasteiger partial charge is 0.481 e. The van der Waals surface area contributed by atoms with Gasteiger partial charge in [0.1, 0.15) is 0 Å². The van der Waals surface area contributed by atoms with Gasteiger partial charge in [-0.15, -0.1) is 0 Å². The second-order valence-corrected chi connectivity index (χ2v) is 5.36.